The van der Waals surface area contributed by atoms with Crippen LogP contribution in [0.1, 0.15) is 12.5 Å². The van der Waals surface area contributed by atoms with E-state index in [2.05, 4.69) is 10.5 Å². The zero-order valence-corrected chi connectivity index (χ0v) is 14.2. The zero-order valence-electron chi connectivity index (χ0n) is 14.2. The smallest absolute Gasteiger partial charge is 0.254 e. The molecule has 1 heterocycles. The lowest BCUT2D eigenvalue weighted by atomic mass is 10.2. The van der Waals surface area contributed by atoms with E-state index in [4.69, 9.17) is 19.5 Å². The van der Waals surface area contributed by atoms with Crippen molar-refractivity contribution in [2.45, 2.75) is 6.92 Å². The third-order valence-electron chi connectivity index (χ3n) is 3.43. The van der Waals surface area contributed by atoms with E-state index in [1.807, 2.05) is 17.9 Å². The Morgan fingerprint density at radius 1 is 1.40 bits per heavy atom. The van der Waals surface area contributed by atoms with Gasteiger partial charge in [0.15, 0.2) is 18.1 Å². The number of carbonyl (C=O) groups is 1. The van der Waals surface area contributed by atoms with E-state index in [0.717, 1.165) is 18.7 Å². The number of hydrogen-bond acceptors (Lipinski definition) is 7. The van der Waals surface area contributed by atoms with Gasteiger partial charge in [-0.3, -0.25) is 9.69 Å². The first-order valence-corrected chi connectivity index (χ1v) is 8.11. The van der Waals surface area contributed by atoms with Gasteiger partial charge in [-0.1, -0.05) is 0 Å². The number of hydrazone groups is 1. The highest BCUT2D eigenvalue weighted by atomic mass is 16.5. The van der Waals surface area contributed by atoms with E-state index in [1.165, 1.54) is 6.21 Å². The Morgan fingerprint density at radius 2 is 2.20 bits per heavy atom. The summed E-state index contributed by atoms with van der Waals surface area (Å²) in [6, 6.07) is 7.14. The molecule has 25 heavy (non-hydrogen) atoms. The molecule has 1 saturated heterocycles. The van der Waals surface area contributed by atoms with Crippen LogP contribution in [0.4, 0.5) is 0 Å². The predicted octanol–water partition coefficient (Wildman–Crippen LogP) is 0.770. The number of hydrogen-bond donors (Lipinski definition) is 1. The molecule has 8 heteroatoms. The van der Waals surface area contributed by atoms with Crippen molar-refractivity contribution in [3.8, 4) is 17.6 Å². The highest BCUT2D eigenvalue weighted by Crippen LogP contribution is 2.27. The number of morpholine rings is 1. The summed E-state index contributed by atoms with van der Waals surface area (Å²) in [5, 5.41) is 12.6. The molecule has 134 valence electrons. The molecule has 0 unspecified atom stereocenters. The number of carbonyl (C=O) groups excluding carboxylic acids is 1. The molecular formula is C17H22N4O4. The Bertz CT molecular complexity index is 636. The van der Waals surface area contributed by atoms with Crippen LogP contribution in [-0.2, 0) is 9.53 Å². The lowest BCUT2D eigenvalue weighted by Gasteiger charge is -2.25. The maximum atomic E-state index is 11.9. The standard InChI is InChI=1S/C17H22N4O4/c1-2-24-16-11-14(3-4-15(16)25-8-5-18)12-19-20-17(22)13-21-6-9-23-10-7-21/h3-4,11-12H,2,6-10,13H2,1H3,(H,20,22)/b19-12-. The fourth-order valence-electron chi connectivity index (χ4n) is 2.28. The Morgan fingerprint density at radius 3 is 2.92 bits per heavy atom. The van der Waals surface area contributed by atoms with Gasteiger partial charge in [-0.2, -0.15) is 10.4 Å². The average molecular weight is 346 g/mol. The molecule has 1 N–H and O–H groups in total. The Kier molecular flexibility index (Phi) is 7.69. The molecule has 0 radical (unpaired) electrons. The third kappa shape index (κ3) is 6.41. The molecule has 0 aliphatic carbocycles. The number of nitrogens with zero attached hydrogens (tertiary/aromatic N) is 3. The Hall–Kier alpha value is -2.63. The van der Waals surface area contributed by atoms with Crippen LogP contribution in [0, 0.1) is 11.3 Å². The summed E-state index contributed by atoms with van der Waals surface area (Å²) in [5.74, 6) is 0.857. The molecule has 0 atom stereocenters. The summed E-state index contributed by atoms with van der Waals surface area (Å²) in [6.45, 7) is 5.38. The minimum absolute atomic E-state index is 0.0505. The highest BCUT2D eigenvalue weighted by molar-refractivity contribution is 5.83. The van der Waals surface area contributed by atoms with Crippen LogP contribution < -0.4 is 14.9 Å². The van der Waals surface area contributed by atoms with Crippen molar-refractivity contribution in [1.82, 2.24) is 10.3 Å². The molecule has 0 saturated carbocycles. The van der Waals surface area contributed by atoms with Crippen molar-refractivity contribution in [3.63, 3.8) is 0 Å². The van der Waals surface area contributed by atoms with Gasteiger partial charge in [0.1, 0.15) is 6.07 Å². The lowest BCUT2D eigenvalue weighted by Crippen LogP contribution is -2.42. The number of nitrogens with one attached hydrogen (secondary N) is 1. The predicted molar refractivity (Wildman–Crippen MR) is 91.7 cm³/mol. The fraction of sp³-hybridized carbons (Fsp3) is 0.471. The van der Waals surface area contributed by atoms with Crippen molar-refractivity contribution < 1.29 is 19.0 Å². The average Bonchev–Trinajstić information content (AvgIpc) is 2.62. The monoisotopic (exact) mass is 346 g/mol. The largest absolute Gasteiger partial charge is 0.490 e. The number of benzene rings is 1. The molecule has 1 aliphatic heterocycles. The molecule has 1 aromatic carbocycles. The van der Waals surface area contributed by atoms with Crippen LogP contribution in [-0.4, -0.2) is 63.1 Å². The lowest BCUT2D eigenvalue weighted by molar-refractivity contribution is -0.123. The van der Waals surface area contributed by atoms with Crippen LogP contribution in [0.3, 0.4) is 0 Å². The Labute approximate surface area is 147 Å². The van der Waals surface area contributed by atoms with E-state index in [1.54, 1.807) is 18.2 Å². The van der Waals surface area contributed by atoms with Gasteiger partial charge in [0.05, 0.1) is 32.6 Å². The summed E-state index contributed by atoms with van der Waals surface area (Å²) in [7, 11) is 0. The molecule has 8 nitrogen and oxygen atoms in total. The first-order valence-electron chi connectivity index (χ1n) is 8.11. The van der Waals surface area contributed by atoms with E-state index in [0.29, 0.717) is 37.9 Å². The highest BCUT2D eigenvalue weighted by Gasteiger charge is 2.13. The fourth-order valence-corrected chi connectivity index (χ4v) is 2.28. The van der Waals surface area contributed by atoms with Crippen molar-refractivity contribution in [2.24, 2.45) is 5.10 Å². The van der Waals surface area contributed by atoms with Crippen LogP contribution in [0.2, 0.25) is 0 Å². The number of ether oxygens (including phenoxy) is 3. The van der Waals surface area contributed by atoms with Gasteiger partial charge in [-0.15, -0.1) is 0 Å². The van der Waals surface area contributed by atoms with Crippen molar-refractivity contribution in [1.29, 1.82) is 5.26 Å². The molecule has 2 rings (SSSR count). The second-order valence-electron chi connectivity index (χ2n) is 5.27. The zero-order chi connectivity index (χ0) is 17.9. The number of amides is 1. The van der Waals surface area contributed by atoms with Gasteiger partial charge in [-0.25, -0.2) is 5.43 Å². The quantitative estimate of drug-likeness (QED) is 0.552. The first-order chi connectivity index (χ1) is 12.2. The number of rotatable bonds is 8. The van der Waals surface area contributed by atoms with E-state index < -0.39 is 0 Å². The van der Waals surface area contributed by atoms with Crippen LogP contribution in [0.25, 0.3) is 0 Å². The van der Waals surface area contributed by atoms with E-state index in [9.17, 15) is 4.79 Å². The molecule has 1 fully saturated rings. The van der Waals surface area contributed by atoms with Gasteiger partial charge in [0.2, 0.25) is 0 Å². The van der Waals surface area contributed by atoms with Crippen molar-refractivity contribution in [2.75, 3.05) is 46.1 Å². The minimum atomic E-state index is -0.169. The molecule has 1 amide bonds. The number of nitriles is 1. The summed E-state index contributed by atoms with van der Waals surface area (Å²) in [4.78, 5) is 13.9. The second-order valence-corrected chi connectivity index (χ2v) is 5.27. The second kappa shape index (κ2) is 10.3. The molecule has 1 aromatic rings. The summed E-state index contributed by atoms with van der Waals surface area (Å²) in [5.41, 5.74) is 3.26. The van der Waals surface area contributed by atoms with Gasteiger partial charge < -0.3 is 14.2 Å². The Balaban J connectivity index is 1.89. The summed E-state index contributed by atoms with van der Waals surface area (Å²) >= 11 is 0. The van der Waals surface area contributed by atoms with Gasteiger partial charge >= 0.3 is 0 Å². The third-order valence-corrected chi connectivity index (χ3v) is 3.43. The minimum Gasteiger partial charge on any atom is -0.490 e. The maximum absolute atomic E-state index is 11.9. The molecular weight excluding hydrogens is 324 g/mol. The van der Waals surface area contributed by atoms with Crippen molar-refractivity contribution >= 4 is 12.1 Å². The van der Waals surface area contributed by atoms with Crippen LogP contribution >= 0.6 is 0 Å². The van der Waals surface area contributed by atoms with E-state index >= 15 is 0 Å². The molecule has 0 bridgehead atoms. The normalized spacial score (nSPS) is 14.9. The van der Waals surface area contributed by atoms with Crippen molar-refractivity contribution in [3.05, 3.63) is 23.8 Å². The van der Waals surface area contributed by atoms with Crippen LogP contribution in [0.5, 0.6) is 11.5 Å². The maximum Gasteiger partial charge on any atom is 0.254 e. The first kappa shape index (κ1) is 18.7. The van der Waals surface area contributed by atoms with Gasteiger partial charge in [-0.05, 0) is 30.7 Å². The van der Waals surface area contributed by atoms with Crippen LogP contribution in [0.15, 0.2) is 23.3 Å². The molecule has 1 aliphatic rings. The van der Waals surface area contributed by atoms with Gasteiger partial charge in [0, 0.05) is 13.1 Å². The molecule has 0 spiro atoms. The SMILES string of the molecule is CCOc1cc(/C=N\NC(=O)CN2CCOCC2)ccc1OCC#N. The molecule has 0 aromatic heterocycles. The summed E-state index contributed by atoms with van der Waals surface area (Å²) in [6.07, 6.45) is 1.54. The van der Waals surface area contributed by atoms with Gasteiger partial charge in [0.25, 0.3) is 5.91 Å². The summed E-state index contributed by atoms with van der Waals surface area (Å²) < 4.78 is 16.0. The topological polar surface area (TPSA) is 96.2 Å². The van der Waals surface area contributed by atoms with E-state index in [-0.39, 0.29) is 12.5 Å².